The van der Waals surface area contributed by atoms with E-state index in [9.17, 15) is 4.79 Å². The Balaban J connectivity index is 2.19. The average Bonchev–Trinajstić information content (AvgIpc) is 2.60. The number of nitrogens with two attached hydrogens (primary N) is 1. The van der Waals surface area contributed by atoms with Crippen molar-refractivity contribution in [2.45, 2.75) is 6.42 Å². The van der Waals surface area contributed by atoms with Gasteiger partial charge in [0.1, 0.15) is 11.3 Å². The molecule has 2 N–H and O–H groups in total. The van der Waals surface area contributed by atoms with Gasteiger partial charge in [-0.3, -0.25) is 4.79 Å². The lowest BCUT2D eigenvalue weighted by atomic mass is 10.2. The fourth-order valence-electron chi connectivity index (χ4n) is 1.45. The maximum absolute atomic E-state index is 9.94. The van der Waals surface area contributed by atoms with Crippen LogP contribution >= 0.6 is 0 Å². The van der Waals surface area contributed by atoms with E-state index in [2.05, 4.69) is 4.74 Å². The molecule has 78 valence electrons. The zero-order chi connectivity index (χ0) is 10.7. The van der Waals surface area contributed by atoms with Gasteiger partial charge in [0.15, 0.2) is 0 Å². The molecule has 0 spiro atoms. The second kappa shape index (κ2) is 4.04. The van der Waals surface area contributed by atoms with Crippen molar-refractivity contribution in [3.63, 3.8) is 0 Å². The smallest absolute Gasteiger partial charge is 0.293 e. The molecule has 0 aliphatic heterocycles. The summed E-state index contributed by atoms with van der Waals surface area (Å²) in [6.45, 7) is 0.763. The van der Waals surface area contributed by atoms with E-state index in [1.807, 2.05) is 18.2 Å². The minimum absolute atomic E-state index is 0.332. The SMILES string of the molecule is Nc1ccc2oc(CCOC=O)cc2c1. The van der Waals surface area contributed by atoms with Gasteiger partial charge in [0.25, 0.3) is 6.47 Å². The second-order valence-corrected chi connectivity index (χ2v) is 3.23. The molecule has 1 aromatic heterocycles. The second-order valence-electron chi connectivity index (χ2n) is 3.23. The number of benzene rings is 1. The number of hydrogen-bond donors (Lipinski definition) is 1. The minimum Gasteiger partial charge on any atom is -0.467 e. The third kappa shape index (κ3) is 2.10. The van der Waals surface area contributed by atoms with Crippen LogP contribution < -0.4 is 5.73 Å². The molecule has 4 nitrogen and oxygen atoms in total. The molecule has 0 amide bonds. The summed E-state index contributed by atoms with van der Waals surface area (Å²) < 4.78 is 10.1. The fraction of sp³-hybridized carbons (Fsp3) is 0.182. The van der Waals surface area contributed by atoms with E-state index in [4.69, 9.17) is 10.2 Å². The van der Waals surface area contributed by atoms with Crippen molar-refractivity contribution in [2.75, 3.05) is 12.3 Å². The van der Waals surface area contributed by atoms with Crippen molar-refractivity contribution in [3.8, 4) is 0 Å². The van der Waals surface area contributed by atoms with Gasteiger partial charge in [-0.15, -0.1) is 0 Å². The Labute approximate surface area is 86.6 Å². The molecule has 2 aromatic rings. The Bertz CT molecular complexity index is 476. The molecule has 0 radical (unpaired) electrons. The van der Waals surface area contributed by atoms with Crippen LogP contribution in [-0.4, -0.2) is 13.1 Å². The van der Waals surface area contributed by atoms with Crippen molar-refractivity contribution >= 4 is 23.1 Å². The Morgan fingerprint density at radius 3 is 3.07 bits per heavy atom. The summed E-state index contributed by atoms with van der Waals surface area (Å²) in [4.78, 5) is 9.94. The highest BCUT2D eigenvalue weighted by Crippen LogP contribution is 2.21. The van der Waals surface area contributed by atoms with Gasteiger partial charge in [-0.25, -0.2) is 0 Å². The van der Waals surface area contributed by atoms with Crippen LogP contribution in [-0.2, 0) is 16.0 Å². The van der Waals surface area contributed by atoms with Crippen LogP contribution in [0, 0.1) is 0 Å². The van der Waals surface area contributed by atoms with Crippen molar-refractivity contribution in [2.24, 2.45) is 0 Å². The largest absolute Gasteiger partial charge is 0.467 e. The molecule has 1 heterocycles. The Hall–Kier alpha value is -1.97. The lowest BCUT2D eigenvalue weighted by Crippen LogP contribution is -1.94. The number of rotatable bonds is 4. The van der Waals surface area contributed by atoms with E-state index in [-0.39, 0.29) is 0 Å². The Morgan fingerprint density at radius 2 is 2.27 bits per heavy atom. The van der Waals surface area contributed by atoms with E-state index in [0.29, 0.717) is 25.2 Å². The highest BCUT2D eigenvalue weighted by molar-refractivity contribution is 5.81. The van der Waals surface area contributed by atoms with Gasteiger partial charge < -0.3 is 14.9 Å². The normalized spacial score (nSPS) is 10.4. The molecule has 0 bridgehead atoms. The van der Waals surface area contributed by atoms with Crippen LogP contribution in [0.4, 0.5) is 5.69 Å². The van der Waals surface area contributed by atoms with E-state index < -0.39 is 0 Å². The van der Waals surface area contributed by atoms with Crippen LogP contribution in [0.25, 0.3) is 11.0 Å². The zero-order valence-electron chi connectivity index (χ0n) is 8.10. The van der Waals surface area contributed by atoms with Crippen molar-refractivity contribution in [3.05, 3.63) is 30.0 Å². The van der Waals surface area contributed by atoms with Crippen molar-refractivity contribution < 1.29 is 13.9 Å². The number of ether oxygens (including phenoxy) is 1. The van der Waals surface area contributed by atoms with Crippen molar-refractivity contribution in [1.29, 1.82) is 0 Å². The van der Waals surface area contributed by atoms with Gasteiger partial charge in [0.05, 0.1) is 6.61 Å². The standard InChI is InChI=1S/C11H11NO3/c12-9-1-2-11-8(5-9)6-10(15-11)3-4-14-7-13/h1-2,5-7H,3-4,12H2. The van der Waals surface area contributed by atoms with Gasteiger partial charge in [0.2, 0.25) is 0 Å². The van der Waals surface area contributed by atoms with Gasteiger partial charge >= 0.3 is 0 Å². The minimum atomic E-state index is 0.332. The molecule has 0 fully saturated rings. The molecular weight excluding hydrogens is 194 g/mol. The summed E-state index contributed by atoms with van der Waals surface area (Å²) in [5, 5.41) is 0.969. The molecule has 4 heteroatoms. The van der Waals surface area contributed by atoms with E-state index in [0.717, 1.165) is 16.7 Å². The summed E-state index contributed by atoms with van der Waals surface area (Å²) in [5.41, 5.74) is 7.15. The summed E-state index contributed by atoms with van der Waals surface area (Å²) in [5.74, 6) is 0.789. The monoisotopic (exact) mass is 205 g/mol. The molecule has 0 aliphatic rings. The third-order valence-electron chi connectivity index (χ3n) is 2.13. The van der Waals surface area contributed by atoms with E-state index in [1.54, 1.807) is 6.07 Å². The summed E-state index contributed by atoms with van der Waals surface area (Å²) in [6, 6.07) is 7.37. The van der Waals surface area contributed by atoms with Gasteiger partial charge in [-0.1, -0.05) is 0 Å². The first-order valence-electron chi connectivity index (χ1n) is 4.63. The number of fused-ring (bicyclic) bond motifs is 1. The lowest BCUT2D eigenvalue weighted by molar-refractivity contribution is -0.128. The number of nitrogen functional groups attached to an aromatic ring is 1. The number of hydrogen-bond acceptors (Lipinski definition) is 4. The topological polar surface area (TPSA) is 65.5 Å². The average molecular weight is 205 g/mol. The van der Waals surface area contributed by atoms with Gasteiger partial charge in [-0.2, -0.15) is 0 Å². The fourth-order valence-corrected chi connectivity index (χ4v) is 1.45. The highest BCUT2D eigenvalue weighted by Gasteiger charge is 2.03. The van der Waals surface area contributed by atoms with Gasteiger partial charge in [0, 0.05) is 17.5 Å². The number of carbonyl (C=O) groups is 1. The third-order valence-corrected chi connectivity index (χ3v) is 2.13. The predicted molar refractivity (Wildman–Crippen MR) is 56.3 cm³/mol. The summed E-state index contributed by atoms with van der Waals surface area (Å²) in [7, 11) is 0. The molecule has 0 unspecified atom stereocenters. The zero-order valence-corrected chi connectivity index (χ0v) is 8.10. The first-order chi connectivity index (χ1) is 7.29. The number of anilines is 1. The number of furan rings is 1. The molecule has 0 aliphatic carbocycles. The molecule has 1 aromatic carbocycles. The summed E-state index contributed by atoms with van der Waals surface area (Å²) in [6.07, 6.45) is 0.577. The van der Waals surface area contributed by atoms with Crippen LogP contribution in [0.5, 0.6) is 0 Å². The van der Waals surface area contributed by atoms with Crippen LogP contribution in [0.2, 0.25) is 0 Å². The Morgan fingerprint density at radius 1 is 1.40 bits per heavy atom. The lowest BCUT2D eigenvalue weighted by Gasteiger charge is -1.93. The molecule has 0 atom stereocenters. The maximum atomic E-state index is 9.94. The quantitative estimate of drug-likeness (QED) is 0.469. The van der Waals surface area contributed by atoms with E-state index in [1.165, 1.54) is 0 Å². The summed E-state index contributed by atoms with van der Waals surface area (Å²) >= 11 is 0. The molecule has 0 saturated heterocycles. The first-order valence-corrected chi connectivity index (χ1v) is 4.63. The first kappa shape index (κ1) is 9.58. The van der Waals surface area contributed by atoms with E-state index >= 15 is 0 Å². The van der Waals surface area contributed by atoms with Gasteiger partial charge in [-0.05, 0) is 24.3 Å². The molecule has 15 heavy (non-hydrogen) atoms. The van der Waals surface area contributed by atoms with Crippen LogP contribution in [0.3, 0.4) is 0 Å². The highest BCUT2D eigenvalue weighted by atomic mass is 16.5. The Kier molecular flexibility index (Phi) is 2.58. The molecule has 2 rings (SSSR count). The maximum Gasteiger partial charge on any atom is 0.293 e. The van der Waals surface area contributed by atoms with Crippen LogP contribution in [0.1, 0.15) is 5.76 Å². The predicted octanol–water partition coefficient (Wildman–Crippen LogP) is 1.73. The molecule has 0 saturated carbocycles. The van der Waals surface area contributed by atoms with Crippen LogP contribution in [0.15, 0.2) is 28.7 Å². The number of carbonyl (C=O) groups excluding carboxylic acids is 1. The molecular formula is C11H11NO3. The van der Waals surface area contributed by atoms with Crippen molar-refractivity contribution in [1.82, 2.24) is 0 Å².